The zero-order valence-corrected chi connectivity index (χ0v) is 12.1. The summed E-state index contributed by atoms with van der Waals surface area (Å²) in [6.45, 7) is 6.54. The molecule has 2 heterocycles. The van der Waals surface area contributed by atoms with Crippen LogP contribution in [0.4, 0.5) is 0 Å². The Kier molecular flexibility index (Phi) is 3.02. The number of hydrogen-bond donors (Lipinski definition) is 1. The van der Waals surface area contributed by atoms with E-state index in [9.17, 15) is 4.79 Å². The number of benzene rings is 1. The second kappa shape index (κ2) is 4.63. The average Bonchev–Trinajstić information content (AvgIpc) is 2.97. The van der Waals surface area contributed by atoms with E-state index in [-0.39, 0.29) is 17.3 Å². The van der Waals surface area contributed by atoms with Crippen LogP contribution in [0.25, 0.3) is 0 Å². The summed E-state index contributed by atoms with van der Waals surface area (Å²) in [7, 11) is 0. The number of carbonyl (C=O) groups is 1. The molecule has 0 bridgehead atoms. The summed E-state index contributed by atoms with van der Waals surface area (Å²) in [4.78, 5) is 10.8. The third-order valence-corrected chi connectivity index (χ3v) is 3.64. The lowest BCUT2D eigenvalue weighted by molar-refractivity contribution is -0.00795. The van der Waals surface area contributed by atoms with Gasteiger partial charge in [0.05, 0.1) is 12.2 Å². The van der Waals surface area contributed by atoms with Crippen LogP contribution in [-0.4, -0.2) is 11.1 Å². The number of ether oxygens (including phenoxy) is 2. The molecule has 5 nitrogen and oxygen atoms in total. The second-order valence-corrected chi connectivity index (χ2v) is 5.60. The van der Waals surface area contributed by atoms with E-state index in [0.717, 1.165) is 16.7 Å². The van der Waals surface area contributed by atoms with Crippen LogP contribution in [0, 0.1) is 6.92 Å². The third-order valence-electron chi connectivity index (χ3n) is 3.64. The Labute approximate surface area is 122 Å². The van der Waals surface area contributed by atoms with Crippen LogP contribution in [0.2, 0.25) is 0 Å². The number of rotatable bonds is 3. The number of aromatic carboxylic acids is 1. The monoisotopic (exact) mass is 288 g/mol. The van der Waals surface area contributed by atoms with Crippen LogP contribution >= 0.6 is 0 Å². The van der Waals surface area contributed by atoms with Crippen molar-refractivity contribution in [3.63, 3.8) is 0 Å². The van der Waals surface area contributed by atoms with E-state index in [1.807, 2.05) is 32.9 Å². The maximum Gasteiger partial charge on any atom is 0.371 e. The highest BCUT2D eigenvalue weighted by Gasteiger charge is 2.31. The second-order valence-electron chi connectivity index (χ2n) is 5.60. The smallest absolute Gasteiger partial charge is 0.371 e. The van der Waals surface area contributed by atoms with Crippen molar-refractivity contribution in [1.82, 2.24) is 0 Å². The predicted octanol–water partition coefficient (Wildman–Crippen LogP) is 3.84. The highest BCUT2D eigenvalue weighted by atomic mass is 16.6. The van der Waals surface area contributed by atoms with Gasteiger partial charge in [0.15, 0.2) is 0 Å². The number of carboxylic acids is 1. The van der Waals surface area contributed by atoms with Gasteiger partial charge in [0.25, 0.3) is 5.95 Å². The summed E-state index contributed by atoms with van der Waals surface area (Å²) in [6.07, 6.45) is 0. The van der Waals surface area contributed by atoms with Gasteiger partial charge in [-0.3, -0.25) is 0 Å². The van der Waals surface area contributed by atoms with Crippen molar-refractivity contribution in [2.75, 3.05) is 0 Å². The molecule has 0 amide bonds. The molecule has 0 saturated carbocycles. The fourth-order valence-electron chi connectivity index (χ4n) is 2.47. The maximum atomic E-state index is 10.8. The minimum Gasteiger partial charge on any atom is -0.475 e. The number of carboxylic acid groups (broad SMARTS) is 1. The molecular formula is C16H16O5. The van der Waals surface area contributed by atoms with Gasteiger partial charge in [-0.2, -0.15) is 0 Å². The molecule has 0 aliphatic carbocycles. The molecule has 1 N–H and O–H groups in total. The van der Waals surface area contributed by atoms with E-state index in [1.54, 1.807) is 0 Å². The van der Waals surface area contributed by atoms with E-state index in [4.69, 9.17) is 19.0 Å². The summed E-state index contributed by atoms with van der Waals surface area (Å²) in [5.41, 5.74) is 2.82. The molecule has 1 aromatic carbocycles. The van der Waals surface area contributed by atoms with E-state index in [0.29, 0.717) is 12.4 Å². The first kappa shape index (κ1) is 13.7. The molecule has 110 valence electrons. The van der Waals surface area contributed by atoms with Gasteiger partial charge < -0.3 is 19.0 Å². The Bertz CT molecular complexity index is 711. The van der Waals surface area contributed by atoms with E-state index < -0.39 is 5.97 Å². The number of furan rings is 1. The lowest BCUT2D eigenvalue weighted by atomic mass is 9.94. The molecule has 0 saturated heterocycles. The molecule has 0 unspecified atom stereocenters. The van der Waals surface area contributed by atoms with Gasteiger partial charge >= 0.3 is 5.97 Å². The molecule has 1 aliphatic rings. The van der Waals surface area contributed by atoms with Crippen molar-refractivity contribution < 1.29 is 23.8 Å². The molecule has 21 heavy (non-hydrogen) atoms. The molecule has 0 fully saturated rings. The van der Waals surface area contributed by atoms with Crippen molar-refractivity contribution >= 4 is 5.97 Å². The first-order chi connectivity index (χ1) is 9.87. The van der Waals surface area contributed by atoms with Gasteiger partial charge in [0.2, 0.25) is 5.76 Å². The van der Waals surface area contributed by atoms with Crippen molar-refractivity contribution in [2.45, 2.75) is 33.0 Å². The summed E-state index contributed by atoms with van der Waals surface area (Å²) in [5.74, 6) is -0.469. The first-order valence-electron chi connectivity index (χ1n) is 6.66. The minimum atomic E-state index is -1.12. The van der Waals surface area contributed by atoms with Crippen molar-refractivity contribution in [3.05, 3.63) is 46.7 Å². The molecule has 2 aromatic rings. The normalized spacial score (nSPS) is 15.8. The molecule has 3 rings (SSSR count). The van der Waals surface area contributed by atoms with Crippen LogP contribution < -0.4 is 4.74 Å². The van der Waals surface area contributed by atoms with Crippen LogP contribution in [0.1, 0.15) is 41.1 Å². The molecular weight excluding hydrogens is 272 g/mol. The number of hydrogen-bond acceptors (Lipinski definition) is 4. The van der Waals surface area contributed by atoms with Crippen LogP contribution in [0.5, 0.6) is 11.7 Å². The van der Waals surface area contributed by atoms with Crippen molar-refractivity contribution in [2.24, 2.45) is 0 Å². The Hall–Kier alpha value is -2.27. The molecule has 5 heteroatoms. The molecule has 0 spiro atoms. The fourth-order valence-corrected chi connectivity index (χ4v) is 2.47. The molecule has 1 aliphatic heterocycles. The van der Waals surface area contributed by atoms with Crippen molar-refractivity contribution in [1.29, 1.82) is 0 Å². The maximum absolute atomic E-state index is 10.8. The fraction of sp³-hybridized carbons (Fsp3) is 0.312. The molecule has 0 atom stereocenters. The lowest BCUT2D eigenvalue weighted by Gasteiger charge is -2.19. The Morgan fingerprint density at radius 2 is 2.10 bits per heavy atom. The van der Waals surface area contributed by atoms with Gasteiger partial charge in [0, 0.05) is 6.07 Å². The topological polar surface area (TPSA) is 68.9 Å². The first-order valence-corrected chi connectivity index (χ1v) is 6.66. The van der Waals surface area contributed by atoms with Gasteiger partial charge in [-0.05, 0) is 55.7 Å². The Balaban J connectivity index is 1.94. The zero-order chi connectivity index (χ0) is 15.2. The van der Waals surface area contributed by atoms with Gasteiger partial charge in [0.1, 0.15) is 5.75 Å². The number of aryl methyl sites for hydroxylation is 1. The molecule has 0 radical (unpaired) electrons. The third kappa shape index (κ3) is 2.40. The van der Waals surface area contributed by atoms with Crippen LogP contribution in [-0.2, 0) is 16.9 Å². The highest BCUT2D eigenvalue weighted by Crippen LogP contribution is 2.40. The van der Waals surface area contributed by atoms with E-state index >= 15 is 0 Å². The SMILES string of the molecule is Cc1cc2c(cc1Oc1ccc(C(=O)O)o1)C(C)(C)OC2. The largest absolute Gasteiger partial charge is 0.475 e. The van der Waals surface area contributed by atoms with E-state index in [2.05, 4.69) is 0 Å². The predicted molar refractivity (Wildman–Crippen MR) is 74.7 cm³/mol. The lowest BCUT2D eigenvalue weighted by Crippen LogP contribution is -2.14. The van der Waals surface area contributed by atoms with Crippen LogP contribution in [0.3, 0.4) is 0 Å². The van der Waals surface area contributed by atoms with E-state index in [1.165, 1.54) is 12.1 Å². The Morgan fingerprint density at radius 1 is 1.33 bits per heavy atom. The number of fused-ring (bicyclic) bond motifs is 1. The zero-order valence-electron chi connectivity index (χ0n) is 12.1. The Morgan fingerprint density at radius 3 is 2.76 bits per heavy atom. The van der Waals surface area contributed by atoms with Gasteiger partial charge in [-0.1, -0.05) is 0 Å². The highest BCUT2D eigenvalue weighted by molar-refractivity contribution is 5.84. The quantitative estimate of drug-likeness (QED) is 0.929. The minimum absolute atomic E-state index is 0.146. The van der Waals surface area contributed by atoms with Gasteiger partial charge in [-0.25, -0.2) is 4.79 Å². The average molecular weight is 288 g/mol. The molecule has 1 aromatic heterocycles. The van der Waals surface area contributed by atoms with Gasteiger partial charge in [-0.15, -0.1) is 0 Å². The summed E-state index contributed by atoms with van der Waals surface area (Å²) < 4.78 is 16.5. The summed E-state index contributed by atoms with van der Waals surface area (Å²) in [6, 6.07) is 6.83. The van der Waals surface area contributed by atoms with Crippen molar-refractivity contribution in [3.8, 4) is 11.7 Å². The summed E-state index contributed by atoms with van der Waals surface area (Å²) in [5, 5.41) is 8.85. The summed E-state index contributed by atoms with van der Waals surface area (Å²) >= 11 is 0. The van der Waals surface area contributed by atoms with Crippen LogP contribution in [0.15, 0.2) is 28.7 Å². The standard InChI is InChI=1S/C16H16O5/c1-9-6-10-8-19-16(2,3)11(10)7-13(9)21-14-5-4-12(20-14)15(17)18/h4-7H,8H2,1-3H3,(H,17,18).